The number of nitrogens with zero attached hydrogens (tertiary/aromatic N) is 3. The van der Waals surface area contributed by atoms with Gasteiger partial charge in [-0.15, -0.1) is 0 Å². The van der Waals surface area contributed by atoms with Gasteiger partial charge >= 0.3 is 6.03 Å². The number of primary amides is 1. The van der Waals surface area contributed by atoms with Crippen LogP contribution in [0.5, 0.6) is 0 Å². The van der Waals surface area contributed by atoms with E-state index in [0.29, 0.717) is 0 Å². The minimum atomic E-state index is -0.682. The van der Waals surface area contributed by atoms with Crippen LogP contribution in [0.4, 0.5) is 4.79 Å². The Morgan fingerprint density at radius 2 is 2.69 bits per heavy atom. The average Bonchev–Trinajstić information content (AvgIpc) is 2.51. The number of rotatable bonds is 3. The monoisotopic (exact) mass is 181 g/mol. The van der Waals surface area contributed by atoms with Gasteiger partial charge in [0, 0.05) is 12.7 Å². The summed E-state index contributed by atoms with van der Waals surface area (Å²) in [7, 11) is 0. The summed E-state index contributed by atoms with van der Waals surface area (Å²) in [6.07, 6.45) is 3.15. The molecule has 0 radical (unpaired) electrons. The van der Waals surface area contributed by atoms with Gasteiger partial charge in [0.05, 0.1) is 11.9 Å². The SMILES string of the molecule is CCn1nccc1/C=N/NC(N)=O. The molecule has 1 aromatic heterocycles. The maximum Gasteiger partial charge on any atom is 0.332 e. The third kappa shape index (κ3) is 2.58. The highest BCUT2D eigenvalue weighted by molar-refractivity contribution is 5.79. The van der Waals surface area contributed by atoms with E-state index in [1.807, 2.05) is 6.92 Å². The van der Waals surface area contributed by atoms with E-state index in [-0.39, 0.29) is 0 Å². The minimum Gasteiger partial charge on any atom is -0.350 e. The van der Waals surface area contributed by atoms with Crippen molar-refractivity contribution < 1.29 is 4.79 Å². The van der Waals surface area contributed by atoms with E-state index in [2.05, 4.69) is 15.6 Å². The van der Waals surface area contributed by atoms with E-state index in [9.17, 15) is 4.79 Å². The van der Waals surface area contributed by atoms with Gasteiger partial charge < -0.3 is 5.73 Å². The summed E-state index contributed by atoms with van der Waals surface area (Å²) in [4.78, 5) is 10.3. The molecule has 0 aromatic carbocycles. The number of amides is 2. The molecular weight excluding hydrogens is 170 g/mol. The number of nitrogens with two attached hydrogens (primary N) is 1. The lowest BCUT2D eigenvalue weighted by Crippen LogP contribution is -2.24. The topological polar surface area (TPSA) is 85.3 Å². The fourth-order valence-corrected chi connectivity index (χ4v) is 0.879. The summed E-state index contributed by atoms with van der Waals surface area (Å²) >= 11 is 0. The Balaban J connectivity index is 2.62. The van der Waals surface area contributed by atoms with Crippen LogP contribution in [-0.2, 0) is 6.54 Å². The summed E-state index contributed by atoms with van der Waals surface area (Å²) in [5.74, 6) is 0. The van der Waals surface area contributed by atoms with Crippen molar-refractivity contribution in [2.75, 3.05) is 0 Å². The van der Waals surface area contributed by atoms with Crippen LogP contribution >= 0.6 is 0 Å². The number of hydrogen-bond donors (Lipinski definition) is 2. The zero-order valence-electron chi connectivity index (χ0n) is 7.27. The van der Waals surface area contributed by atoms with Crippen molar-refractivity contribution in [3.63, 3.8) is 0 Å². The van der Waals surface area contributed by atoms with Gasteiger partial charge in [-0.3, -0.25) is 4.68 Å². The van der Waals surface area contributed by atoms with Gasteiger partial charge in [0.1, 0.15) is 0 Å². The molecule has 0 aliphatic carbocycles. The summed E-state index contributed by atoms with van der Waals surface area (Å²) in [5, 5.41) is 7.63. The van der Waals surface area contributed by atoms with Gasteiger partial charge in [-0.1, -0.05) is 0 Å². The van der Waals surface area contributed by atoms with Crippen LogP contribution in [0.25, 0.3) is 0 Å². The number of aryl methyl sites for hydroxylation is 1. The van der Waals surface area contributed by atoms with Crippen LogP contribution in [-0.4, -0.2) is 22.0 Å². The molecular formula is C7H11N5O. The Bertz CT molecular complexity index is 316. The maximum atomic E-state index is 10.3. The van der Waals surface area contributed by atoms with Gasteiger partial charge in [-0.05, 0) is 13.0 Å². The van der Waals surface area contributed by atoms with E-state index in [0.717, 1.165) is 12.2 Å². The Kier molecular flexibility index (Phi) is 3.02. The smallest absolute Gasteiger partial charge is 0.332 e. The molecule has 13 heavy (non-hydrogen) atoms. The molecule has 1 aromatic rings. The quantitative estimate of drug-likeness (QED) is 0.504. The van der Waals surface area contributed by atoms with Gasteiger partial charge in [0.15, 0.2) is 0 Å². The van der Waals surface area contributed by atoms with Crippen LogP contribution < -0.4 is 11.2 Å². The standard InChI is InChI=1S/C7H11N5O/c1-2-12-6(3-4-10-12)5-9-11-7(8)13/h3-5H,2H2,1H3,(H3,8,11,13)/b9-5+. The Labute approximate surface area is 75.4 Å². The lowest BCUT2D eigenvalue weighted by molar-refractivity contribution is 0.249. The molecule has 0 atom stereocenters. The van der Waals surface area contributed by atoms with E-state index in [1.54, 1.807) is 16.9 Å². The number of carbonyl (C=O) groups excluding carboxylic acids is 1. The lowest BCUT2D eigenvalue weighted by atomic mass is 10.4. The van der Waals surface area contributed by atoms with Crippen molar-refractivity contribution in [2.24, 2.45) is 10.8 Å². The first kappa shape index (κ1) is 9.24. The lowest BCUT2D eigenvalue weighted by Gasteiger charge is -1.97. The number of aromatic nitrogens is 2. The van der Waals surface area contributed by atoms with E-state index < -0.39 is 6.03 Å². The second-order valence-electron chi connectivity index (χ2n) is 2.31. The molecule has 6 nitrogen and oxygen atoms in total. The fourth-order valence-electron chi connectivity index (χ4n) is 0.879. The van der Waals surface area contributed by atoms with E-state index >= 15 is 0 Å². The molecule has 0 fully saturated rings. The highest BCUT2D eigenvalue weighted by atomic mass is 16.2. The van der Waals surface area contributed by atoms with Crippen molar-refractivity contribution >= 4 is 12.2 Å². The molecule has 1 heterocycles. The zero-order chi connectivity index (χ0) is 9.68. The molecule has 0 saturated heterocycles. The Morgan fingerprint density at radius 1 is 1.92 bits per heavy atom. The molecule has 0 aliphatic rings. The Morgan fingerprint density at radius 3 is 3.31 bits per heavy atom. The predicted octanol–water partition coefficient (Wildman–Crippen LogP) is -0.0948. The number of carbonyl (C=O) groups is 1. The number of urea groups is 1. The average molecular weight is 181 g/mol. The minimum absolute atomic E-state index is 0.682. The molecule has 0 unspecified atom stereocenters. The van der Waals surface area contributed by atoms with Gasteiger partial charge in [0.25, 0.3) is 0 Å². The first-order valence-corrected chi connectivity index (χ1v) is 3.84. The highest BCUT2D eigenvalue weighted by Crippen LogP contribution is 1.93. The molecule has 6 heteroatoms. The maximum absolute atomic E-state index is 10.3. The van der Waals surface area contributed by atoms with Crippen LogP contribution in [0, 0.1) is 0 Å². The van der Waals surface area contributed by atoms with Crippen molar-refractivity contribution in [1.82, 2.24) is 15.2 Å². The number of hydrogen-bond acceptors (Lipinski definition) is 3. The first-order chi connectivity index (χ1) is 6.24. The summed E-state index contributed by atoms with van der Waals surface area (Å²) in [6, 6.07) is 1.11. The summed E-state index contributed by atoms with van der Waals surface area (Å²) < 4.78 is 1.74. The van der Waals surface area contributed by atoms with Gasteiger partial charge in [0.2, 0.25) is 0 Å². The van der Waals surface area contributed by atoms with Gasteiger partial charge in [-0.2, -0.15) is 10.2 Å². The summed E-state index contributed by atoms with van der Waals surface area (Å²) in [5.41, 5.74) is 7.73. The molecule has 1 rings (SSSR count). The number of hydrazone groups is 1. The summed E-state index contributed by atoms with van der Waals surface area (Å²) in [6.45, 7) is 2.72. The van der Waals surface area contributed by atoms with Crippen molar-refractivity contribution in [3.8, 4) is 0 Å². The van der Waals surface area contributed by atoms with Crippen LogP contribution in [0.1, 0.15) is 12.6 Å². The zero-order valence-corrected chi connectivity index (χ0v) is 7.27. The van der Waals surface area contributed by atoms with Crippen molar-refractivity contribution in [2.45, 2.75) is 13.5 Å². The molecule has 2 amide bonds. The third-order valence-electron chi connectivity index (χ3n) is 1.42. The molecule has 0 spiro atoms. The molecule has 3 N–H and O–H groups in total. The normalized spacial score (nSPS) is 10.5. The van der Waals surface area contributed by atoms with Gasteiger partial charge in [-0.25, -0.2) is 10.2 Å². The first-order valence-electron chi connectivity index (χ1n) is 3.84. The van der Waals surface area contributed by atoms with E-state index in [1.165, 1.54) is 6.21 Å². The van der Waals surface area contributed by atoms with Crippen molar-refractivity contribution in [3.05, 3.63) is 18.0 Å². The van der Waals surface area contributed by atoms with Crippen LogP contribution in [0.15, 0.2) is 17.4 Å². The van der Waals surface area contributed by atoms with Crippen LogP contribution in [0.2, 0.25) is 0 Å². The number of nitrogens with one attached hydrogen (secondary N) is 1. The fraction of sp³-hybridized carbons (Fsp3) is 0.286. The van der Waals surface area contributed by atoms with E-state index in [4.69, 9.17) is 5.73 Å². The molecule has 0 bridgehead atoms. The molecule has 70 valence electrons. The van der Waals surface area contributed by atoms with Crippen LogP contribution in [0.3, 0.4) is 0 Å². The Hall–Kier alpha value is -1.85. The second kappa shape index (κ2) is 4.24. The molecule has 0 aliphatic heterocycles. The third-order valence-corrected chi connectivity index (χ3v) is 1.42. The van der Waals surface area contributed by atoms with Crippen molar-refractivity contribution in [1.29, 1.82) is 0 Å². The largest absolute Gasteiger partial charge is 0.350 e. The highest BCUT2D eigenvalue weighted by Gasteiger charge is 1.95. The predicted molar refractivity (Wildman–Crippen MR) is 48.2 cm³/mol. The molecule has 0 saturated carbocycles. The second-order valence-corrected chi connectivity index (χ2v) is 2.31.